The lowest BCUT2D eigenvalue weighted by molar-refractivity contribution is 0.0949. The first kappa shape index (κ1) is 16.0. The summed E-state index contributed by atoms with van der Waals surface area (Å²) in [5, 5.41) is 2.81. The molecule has 0 spiro atoms. The van der Waals surface area contributed by atoms with Crippen LogP contribution >= 0.6 is 0 Å². The molecule has 1 aromatic carbocycles. The zero-order valence-corrected chi connectivity index (χ0v) is 13.1. The van der Waals surface area contributed by atoms with Gasteiger partial charge < -0.3 is 15.2 Å². The number of nitrogens with zero attached hydrogens (tertiary/aromatic N) is 1. The van der Waals surface area contributed by atoms with E-state index in [4.69, 9.17) is 0 Å². The zero-order valence-electron chi connectivity index (χ0n) is 13.1. The molecule has 22 heavy (non-hydrogen) atoms. The number of aromatic amines is 1. The number of amides is 1. The minimum Gasteiger partial charge on any atom is -0.348 e. The van der Waals surface area contributed by atoms with Crippen molar-refractivity contribution in [1.82, 2.24) is 15.2 Å². The van der Waals surface area contributed by atoms with Gasteiger partial charge in [-0.3, -0.25) is 9.59 Å². The molecule has 1 aromatic heterocycles. The third kappa shape index (κ3) is 4.05. The largest absolute Gasteiger partial charge is 0.348 e. The van der Waals surface area contributed by atoms with Crippen molar-refractivity contribution < 1.29 is 4.79 Å². The summed E-state index contributed by atoms with van der Waals surface area (Å²) < 4.78 is 0. The maximum Gasteiger partial charge on any atom is 0.260 e. The van der Waals surface area contributed by atoms with Crippen molar-refractivity contribution in [3.05, 3.63) is 69.1 Å². The van der Waals surface area contributed by atoms with E-state index in [1.807, 2.05) is 38.4 Å². The van der Waals surface area contributed by atoms with Crippen LogP contribution in [0.3, 0.4) is 0 Å². The van der Waals surface area contributed by atoms with E-state index < -0.39 is 0 Å². The van der Waals surface area contributed by atoms with Gasteiger partial charge in [-0.25, -0.2) is 0 Å². The van der Waals surface area contributed by atoms with E-state index in [-0.39, 0.29) is 17.0 Å². The number of aromatic nitrogens is 1. The van der Waals surface area contributed by atoms with E-state index in [0.717, 1.165) is 23.4 Å². The molecule has 2 N–H and O–H groups in total. The summed E-state index contributed by atoms with van der Waals surface area (Å²) in [4.78, 5) is 28.6. The molecule has 5 nitrogen and oxygen atoms in total. The number of rotatable bonds is 5. The van der Waals surface area contributed by atoms with Crippen molar-refractivity contribution in [2.24, 2.45) is 0 Å². The molecule has 0 aliphatic heterocycles. The van der Waals surface area contributed by atoms with Gasteiger partial charge in [-0.15, -0.1) is 0 Å². The Bertz CT molecular complexity index is 720. The van der Waals surface area contributed by atoms with Crippen LogP contribution in [0.5, 0.6) is 0 Å². The Hall–Kier alpha value is -2.40. The van der Waals surface area contributed by atoms with Gasteiger partial charge in [0.25, 0.3) is 11.5 Å². The Kier molecular flexibility index (Phi) is 5.12. The fourth-order valence-corrected chi connectivity index (χ4v) is 2.25. The molecule has 0 aliphatic rings. The van der Waals surface area contributed by atoms with Crippen molar-refractivity contribution in [2.45, 2.75) is 20.0 Å². The van der Waals surface area contributed by atoms with E-state index in [2.05, 4.69) is 15.2 Å². The van der Waals surface area contributed by atoms with Gasteiger partial charge in [0.05, 0.1) is 0 Å². The van der Waals surface area contributed by atoms with E-state index in [1.165, 1.54) is 0 Å². The first-order chi connectivity index (χ1) is 10.5. The highest BCUT2D eigenvalue weighted by molar-refractivity contribution is 5.93. The molecule has 0 saturated heterocycles. The number of H-pyrrole nitrogens is 1. The highest BCUT2D eigenvalue weighted by atomic mass is 16.2. The lowest BCUT2D eigenvalue weighted by Crippen LogP contribution is -2.29. The minimum absolute atomic E-state index is 0.135. The third-order valence-corrected chi connectivity index (χ3v) is 3.34. The fourth-order valence-electron chi connectivity index (χ4n) is 2.25. The molecular formula is C17H21N3O2. The molecule has 2 aromatic rings. The number of hydrogen-bond acceptors (Lipinski definition) is 3. The van der Waals surface area contributed by atoms with Crippen LogP contribution in [0.25, 0.3) is 0 Å². The summed E-state index contributed by atoms with van der Waals surface area (Å²) in [5.74, 6) is -0.360. The highest BCUT2D eigenvalue weighted by Gasteiger charge is 2.11. The van der Waals surface area contributed by atoms with Crippen molar-refractivity contribution in [2.75, 3.05) is 14.1 Å². The summed E-state index contributed by atoms with van der Waals surface area (Å²) in [6.07, 6.45) is 0. The molecule has 0 unspecified atom stereocenters. The van der Waals surface area contributed by atoms with Gasteiger partial charge >= 0.3 is 0 Å². The number of pyridine rings is 1. The third-order valence-electron chi connectivity index (χ3n) is 3.34. The number of hydrogen-bond donors (Lipinski definition) is 2. The van der Waals surface area contributed by atoms with E-state index in [0.29, 0.717) is 6.54 Å². The zero-order chi connectivity index (χ0) is 16.1. The lowest BCUT2D eigenvalue weighted by Gasteiger charge is -2.14. The average Bonchev–Trinajstić information content (AvgIpc) is 2.45. The summed E-state index contributed by atoms with van der Waals surface area (Å²) in [6.45, 7) is 2.98. The number of aryl methyl sites for hydroxylation is 1. The van der Waals surface area contributed by atoms with Crippen LogP contribution in [0.15, 0.2) is 41.2 Å². The van der Waals surface area contributed by atoms with Gasteiger partial charge in [0.2, 0.25) is 0 Å². The summed E-state index contributed by atoms with van der Waals surface area (Å²) in [7, 11) is 4.00. The molecule has 2 rings (SSSR count). The molecular weight excluding hydrogens is 278 g/mol. The van der Waals surface area contributed by atoms with Gasteiger partial charge in [0.1, 0.15) is 5.56 Å². The second kappa shape index (κ2) is 7.04. The number of carbonyl (C=O) groups is 1. The Labute approximate surface area is 130 Å². The Morgan fingerprint density at radius 2 is 1.82 bits per heavy atom. The number of carbonyl (C=O) groups excluding carboxylic acids is 1. The maximum absolute atomic E-state index is 12.1. The van der Waals surface area contributed by atoms with Crippen molar-refractivity contribution in [3.63, 3.8) is 0 Å². The van der Waals surface area contributed by atoms with Crippen molar-refractivity contribution in [3.8, 4) is 0 Å². The van der Waals surface area contributed by atoms with Crippen LogP contribution in [0, 0.1) is 6.92 Å². The summed E-state index contributed by atoms with van der Waals surface area (Å²) >= 11 is 0. The van der Waals surface area contributed by atoms with E-state index in [9.17, 15) is 9.59 Å². The first-order valence-corrected chi connectivity index (χ1v) is 7.17. The monoisotopic (exact) mass is 299 g/mol. The Morgan fingerprint density at radius 1 is 1.14 bits per heavy atom. The van der Waals surface area contributed by atoms with Gasteiger partial charge in [0.15, 0.2) is 0 Å². The predicted molar refractivity (Wildman–Crippen MR) is 86.8 cm³/mol. The lowest BCUT2D eigenvalue weighted by atomic mass is 10.1. The van der Waals surface area contributed by atoms with Crippen LogP contribution in [0.2, 0.25) is 0 Å². The second-order valence-corrected chi connectivity index (χ2v) is 5.57. The SMILES string of the molecule is Cc1ccc(C(=O)NCc2ccccc2CN(C)C)c(=O)[nH]1. The molecule has 1 heterocycles. The van der Waals surface area contributed by atoms with E-state index in [1.54, 1.807) is 19.1 Å². The quantitative estimate of drug-likeness (QED) is 0.883. The molecule has 0 fully saturated rings. The molecule has 116 valence electrons. The normalized spacial score (nSPS) is 10.7. The number of benzene rings is 1. The van der Waals surface area contributed by atoms with Crippen LogP contribution in [-0.4, -0.2) is 29.9 Å². The first-order valence-electron chi connectivity index (χ1n) is 7.17. The van der Waals surface area contributed by atoms with Crippen molar-refractivity contribution in [1.29, 1.82) is 0 Å². The highest BCUT2D eigenvalue weighted by Crippen LogP contribution is 2.10. The van der Waals surface area contributed by atoms with Gasteiger partial charge in [-0.2, -0.15) is 0 Å². The minimum atomic E-state index is -0.362. The van der Waals surface area contributed by atoms with Gasteiger partial charge in [-0.05, 0) is 44.3 Å². The fraction of sp³-hybridized carbons (Fsp3) is 0.294. The van der Waals surface area contributed by atoms with Gasteiger partial charge in [0, 0.05) is 18.8 Å². The molecule has 0 aliphatic carbocycles. The Balaban J connectivity index is 2.10. The molecule has 0 bridgehead atoms. The summed E-state index contributed by atoms with van der Waals surface area (Å²) in [5.41, 5.74) is 2.71. The molecule has 0 saturated carbocycles. The standard InChI is InChI=1S/C17H21N3O2/c1-12-8-9-15(17(22)19-12)16(21)18-10-13-6-4-5-7-14(13)11-20(2)3/h4-9H,10-11H2,1-3H3,(H,18,21)(H,19,22). The topological polar surface area (TPSA) is 65.2 Å². The molecule has 0 radical (unpaired) electrons. The van der Waals surface area contributed by atoms with Crippen LogP contribution in [-0.2, 0) is 13.1 Å². The van der Waals surface area contributed by atoms with E-state index >= 15 is 0 Å². The predicted octanol–water partition coefficient (Wildman–Crippen LogP) is 1.67. The number of nitrogens with one attached hydrogen (secondary N) is 2. The molecule has 0 atom stereocenters. The summed E-state index contributed by atoms with van der Waals surface area (Å²) in [6, 6.07) is 11.2. The Morgan fingerprint density at radius 3 is 2.45 bits per heavy atom. The van der Waals surface area contributed by atoms with Crippen LogP contribution in [0.1, 0.15) is 27.2 Å². The molecule has 1 amide bonds. The second-order valence-electron chi connectivity index (χ2n) is 5.57. The smallest absolute Gasteiger partial charge is 0.260 e. The maximum atomic E-state index is 12.1. The van der Waals surface area contributed by atoms with Crippen LogP contribution < -0.4 is 10.9 Å². The average molecular weight is 299 g/mol. The van der Waals surface area contributed by atoms with Crippen LogP contribution in [0.4, 0.5) is 0 Å². The van der Waals surface area contributed by atoms with Gasteiger partial charge in [-0.1, -0.05) is 24.3 Å². The van der Waals surface area contributed by atoms with Crippen molar-refractivity contribution >= 4 is 5.91 Å². The molecule has 5 heteroatoms.